The first kappa shape index (κ1) is 13.3. The minimum absolute atomic E-state index is 0.805. The SMILES string of the molecule is CCCCc1ccc(CCC(C)C)c(C)c1. The number of rotatable bonds is 6. The van der Waals surface area contributed by atoms with Crippen LogP contribution in [0.15, 0.2) is 18.2 Å². The van der Waals surface area contributed by atoms with Crippen LogP contribution in [0.1, 0.15) is 56.7 Å². The predicted molar refractivity (Wildman–Crippen MR) is 73.0 cm³/mol. The molecule has 0 unspecified atom stereocenters. The van der Waals surface area contributed by atoms with Crippen molar-refractivity contribution in [2.45, 2.75) is 59.8 Å². The highest BCUT2D eigenvalue weighted by Gasteiger charge is 2.02. The van der Waals surface area contributed by atoms with Crippen LogP contribution in [0.5, 0.6) is 0 Å². The van der Waals surface area contributed by atoms with Crippen molar-refractivity contribution in [1.29, 1.82) is 0 Å². The third kappa shape index (κ3) is 4.38. The molecule has 0 spiro atoms. The fraction of sp³-hybridized carbons (Fsp3) is 0.625. The molecule has 0 aliphatic heterocycles. The van der Waals surface area contributed by atoms with E-state index in [9.17, 15) is 0 Å². The van der Waals surface area contributed by atoms with E-state index in [1.54, 1.807) is 0 Å². The normalized spacial score (nSPS) is 11.1. The van der Waals surface area contributed by atoms with E-state index in [4.69, 9.17) is 0 Å². The third-order valence-electron chi connectivity index (χ3n) is 3.22. The summed E-state index contributed by atoms with van der Waals surface area (Å²) in [5.41, 5.74) is 4.52. The van der Waals surface area contributed by atoms with Crippen LogP contribution < -0.4 is 0 Å². The van der Waals surface area contributed by atoms with Gasteiger partial charge in [-0.05, 0) is 55.2 Å². The van der Waals surface area contributed by atoms with Crippen LogP contribution in [0, 0.1) is 12.8 Å². The molecular weight excluding hydrogens is 192 g/mol. The summed E-state index contributed by atoms with van der Waals surface area (Å²) >= 11 is 0. The average molecular weight is 218 g/mol. The molecule has 0 atom stereocenters. The van der Waals surface area contributed by atoms with Gasteiger partial charge in [-0.3, -0.25) is 0 Å². The van der Waals surface area contributed by atoms with Gasteiger partial charge in [-0.25, -0.2) is 0 Å². The molecule has 0 nitrogen and oxygen atoms in total. The maximum atomic E-state index is 2.38. The van der Waals surface area contributed by atoms with Crippen molar-refractivity contribution in [3.05, 3.63) is 34.9 Å². The molecule has 16 heavy (non-hydrogen) atoms. The number of unbranched alkanes of at least 4 members (excludes halogenated alkanes) is 1. The summed E-state index contributed by atoms with van der Waals surface area (Å²) in [7, 11) is 0. The molecule has 0 fully saturated rings. The van der Waals surface area contributed by atoms with Crippen LogP contribution in [0.4, 0.5) is 0 Å². The molecule has 0 saturated carbocycles. The van der Waals surface area contributed by atoms with Gasteiger partial charge in [0.2, 0.25) is 0 Å². The van der Waals surface area contributed by atoms with E-state index >= 15 is 0 Å². The number of benzene rings is 1. The zero-order valence-electron chi connectivity index (χ0n) is 11.3. The number of hydrogen-bond donors (Lipinski definition) is 0. The Morgan fingerprint density at radius 2 is 1.88 bits per heavy atom. The molecule has 0 N–H and O–H groups in total. The van der Waals surface area contributed by atoms with Gasteiger partial charge in [-0.2, -0.15) is 0 Å². The predicted octanol–water partition coefficient (Wildman–Crippen LogP) is 4.93. The second-order valence-electron chi connectivity index (χ2n) is 5.30. The first-order valence-electron chi connectivity index (χ1n) is 6.72. The lowest BCUT2D eigenvalue weighted by atomic mass is 9.96. The summed E-state index contributed by atoms with van der Waals surface area (Å²) in [6.07, 6.45) is 6.37. The molecule has 0 radical (unpaired) electrons. The first-order chi connectivity index (χ1) is 7.63. The Balaban J connectivity index is 2.60. The van der Waals surface area contributed by atoms with E-state index in [0.717, 1.165) is 5.92 Å². The maximum Gasteiger partial charge on any atom is -0.0274 e. The van der Waals surface area contributed by atoms with Crippen LogP contribution in [0.2, 0.25) is 0 Å². The molecule has 0 amide bonds. The van der Waals surface area contributed by atoms with Crippen molar-refractivity contribution in [2.75, 3.05) is 0 Å². The van der Waals surface area contributed by atoms with E-state index in [0.29, 0.717) is 0 Å². The molecular formula is C16H26. The minimum atomic E-state index is 0.805. The van der Waals surface area contributed by atoms with Crippen molar-refractivity contribution in [2.24, 2.45) is 5.92 Å². The van der Waals surface area contributed by atoms with Gasteiger partial charge in [-0.15, -0.1) is 0 Å². The van der Waals surface area contributed by atoms with E-state index in [1.165, 1.54) is 48.8 Å². The molecule has 1 aromatic rings. The summed E-state index contributed by atoms with van der Waals surface area (Å²) in [6, 6.07) is 7.03. The number of aryl methyl sites for hydroxylation is 3. The van der Waals surface area contributed by atoms with Gasteiger partial charge in [0.25, 0.3) is 0 Å². The zero-order valence-corrected chi connectivity index (χ0v) is 11.3. The monoisotopic (exact) mass is 218 g/mol. The minimum Gasteiger partial charge on any atom is -0.0654 e. The van der Waals surface area contributed by atoms with Crippen molar-refractivity contribution < 1.29 is 0 Å². The van der Waals surface area contributed by atoms with E-state index in [2.05, 4.69) is 45.9 Å². The van der Waals surface area contributed by atoms with E-state index in [-0.39, 0.29) is 0 Å². The fourth-order valence-electron chi connectivity index (χ4n) is 2.02. The molecule has 1 rings (SSSR count). The molecule has 1 aromatic carbocycles. The third-order valence-corrected chi connectivity index (χ3v) is 3.22. The first-order valence-corrected chi connectivity index (χ1v) is 6.72. The van der Waals surface area contributed by atoms with Crippen LogP contribution >= 0.6 is 0 Å². The molecule has 0 aromatic heterocycles. The average Bonchev–Trinajstić information content (AvgIpc) is 2.24. The Hall–Kier alpha value is -0.780. The maximum absolute atomic E-state index is 2.38. The van der Waals surface area contributed by atoms with Gasteiger partial charge >= 0.3 is 0 Å². The van der Waals surface area contributed by atoms with Crippen LogP contribution in [0.25, 0.3) is 0 Å². The lowest BCUT2D eigenvalue weighted by Gasteiger charge is -2.10. The summed E-state index contributed by atoms with van der Waals surface area (Å²) in [5, 5.41) is 0. The zero-order chi connectivity index (χ0) is 12.0. The Morgan fingerprint density at radius 3 is 2.44 bits per heavy atom. The number of hydrogen-bond acceptors (Lipinski definition) is 0. The molecule has 0 bridgehead atoms. The summed E-state index contributed by atoms with van der Waals surface area (Å²) < 4.78 is 0. The van der Waals surface area contributed by atoms with E-state index < -0.39 is 0 Å². The quantitative estimate of drug-likeness (QED) is 0.635. The van der Waals surface area contributed by atoms with Crippen molar-refractivity contribution >= 4 is 0 Å². The van der Waals surface area contributed by atoms with Crippen molar-refractivity contribution in [1.82, 2.24) is 0 Å². The topological polar surface area (TPSA) is 0 Å². The van der Waals surface area contributed by atoms with Gasteiger partial charge in [0.05, 0.1) is 0 Å². The van der Waals surface area contributed by atoms with Gasteiger partial charge in [0, 0.05) is 0 Å². The highest BCUT2D eigenvalue weighted by atomic mass is 14.1. The van der Waals surface area contributed by atoms with Crippen LogP contribution in [-0.4, -0.2) is 0 Å². The van der Waals surface area contributed by atoms with Crippen LogP contribution in [-0.2, 0) is 12.8 Å². The Bertz CT molecular complexity index is 310. The molecule has 0 aliphatic rings. The van der Waals surface area contributed by atoms with Gasteiger partial charge in [0.15, 0.2) is 0 Å². The summed E-state index contributed by atoms with van der Waals surface area (Å²) in [5.74, 6) is 0.805. The largest absolute Gasteiger partial charge is 0.0654 e. The van der Waals surface area contributed by atoms with Crippen LogP contribution in [0.3, 0.4) is 0 Å². The highest BCUT2D eigenvalue weighted by Crippen LogP contribution is 2.16. The molecule has 90 valence electrons. The highest BCUT2D eigenvalue weighted by molar-refractivity contribution is 5.31. The summed E-state index contributed by atoms with van der Waals surface area (Å²) in [6.45, 7) is 9.10. The second-order valence-corrected chi connectivity index (χ2v) is 5.30. The van der Waals surface area contributed by atoms with Crippen molar-refractivity contribution in [3.63, 3.8) is 0 Å². The molecule has 0 saturated heterocycles. The molecule has 0 aliphatic carbocycles. The van der Waals surface area contributed by atoms with Crippen molar-refractivity contribution in [3.8, 4) is 0 Å². The Labute approximate surface area is 101 Å². The Kier molecular flexibility index (Phi) is 5.59. The molecule has 0 heterocycles. The van der Waals surface area contributed by atoms with E-state index in [1.807, 2.05) is 0 Å². The fourth-order valence-corrected chi connectivity index (χ4v) is 2.02. The molecule has 0 heteroatoms. The Morgan fingerprint density at radius 1 is 1.12 bits per heavy atom. The van der Waals surface area contributed by atoms with Gasteiger partial charge in [-0.1, -0.05) is 45.4 Å². The standard InChI is InChI=1S/C16H26/c1-5-6-7-15-9-11-16(14(4)12-15)10-8-13(2)3/h9,11-13H,5-8,10H2,1-4H3. The second kappa shape index (κ2) is 6.73. The smallest absolute Gasteiger partial charge is 0.0274 e. The lowest BCUT2D eigenvalue weighted by Crippen LogP contribution is -1.96. The summed E-state index contributed by atoms with van der Waals surface area (Å²) in [4.78, 5) is 0. The lowest BCUT2D eigenvalue weighted by molar-refractivity contribution is 0.585. The van der Waals surface area contributed by atoms with Gasteiger partial charge in [0.1, 0.15) is 0 Å². The van der Waals surface area contributed by atoms with Gasteiger partial charge < -0.3 is 0 Å².